The average Bonchev–Trinajstić information content (AvgIpc) is 2.77. The number of phenols is 1. The Labute approximate surface area is 122 Å². The number of aryl methyl sites for hydroxylation is 1. The van der Waals surface area contributed by atoms with Gasteiger partial charge in [-0.3, -0.25) is 20.2 Å². The normalized spacial score (nSPS) is 10.6. The number of ether oxygens (including phenoxy) is 1. The van der Waals surface area contributed by atoms with Crippen LogP contribution in [-0.4, -0.2) is 27.5 Å². The van der Waals surface area contributed by atoms with Gasteiger partial charge in [-0.1, -0.05) is 0 Å². The highest BCUT2D eigenvalue weighted by Crippen LogP contribution is 2.44. The summed E-state index contributed by atoms with van der Waals surface area (Å²) in [5, 5.41) is 31.6. The van der Waals surface area contributed by atoms with Crippen molar-refractivity contribution in [2.24, 2.45) is 0 Å². The van der Waals surface area contributed by atoms with Crippen molar-refractivity contribution in [1.29, 1.82) is 0 Å². The van der Waals surface area contributed by atoms with Crippen LogP contribution in [0.2, 0.25) is 0 Å². The number of carbonyl (C=O) groups excluding carboxylic acids is 1. The number of aromatic hydroxyl groups is 1. The Balaban J connectivity index is 2.88. The number of fused-ring (bicyclic) bond motifs is 1. The van der Waals surface area contributed by atoms with E-state index in [9.17, 15) is 30.1 Å². The van der Waals surface area contributed by atoms with E-state index in [0.29, 0.717) is 6.07 Å². The van der Waals surface area contributed by atoms with Crippen LogP contribution < -0.4 is 0 Å². The summed E-state index contributed by atoms with van der Waals surface area (Å²) in [4.78, 5) is 31.8. The molecule has 0 saturated heterocycles. The number of esters is 1. The summed E-state index contributed by atoms with van der Waals surface area (Å²) in [7, 11) is 0. The third kappa shape index (κ3) is 2.20. The molecule has 22 heavy (non-hydrogen) atoms. The lowest BCUT2D eigenvalue weighted by Gasteiger charge is -1.99. The van der Waals surface area contributed by atoms with Gasteiger partial charge in [0.05, 0.1) is 21.8 Å². The molecule has 1 aromatic carbocycles. The first-order chi connectivity index (χ1) is 10.3. The molecule has 2 rings (SSSR count). The molecule has 0 spiro atoms. The fourth-order valence-electron chi connectivity index (χ4n) is 2.04. The number of benzene rings is 1. The smallest absolute Gasteiger partial charge is 0.374 e. The van der Waals surface area contributed by atoms with Gasteiger partial charge in [0.1, 0.15) is 6.07 Å². The molecular formula is C12H10N2O8. The van der Waals surface area contributed by atoms with Crippen LogP contribution in [0.3, 0.4) is 0 Å². The molecule has 1 heterocycles. The van der Waals surface area contributed by atoms with E-state index in [1.54, 1.807) is 6.92 Å². The second-order valence-corrected chi connectivity index (χ2v) is 4.26. The van der Waals surface area contributed by atoms with Gasteiger partial charge >= 0.3 is 17.3 Å². The number of phenolic OH excluding ortho intramolecular Hbond substituents is 1. The van der Waals surface area contributed by atoms with E-state index in [0.717, 1.165) is 0 Å². The summed E-state index contributed by atoms with van der Waals surface area (Å²) in [6.45, 7) is 2.94. The minimum atomic E-state index is -0.960. The van der Waals surface area contributed by atoms with E-state index in [4.69, 9.17) is 9.15 Å². The topological polar surface area (TPSA) is 146 Å². The van der Waals surface area contributed by atoms with Gasteiger partial charge in [0.15, 0.2) is 0 Å². The highest BCUT2D eigenvalue weighted by atomic mass is 16.6. The Morgan fingerprint density at radius 1 is 1.32 bits per heavy atom. The van der Waals surface area contributed by atoms with Crippen molar-refractivity contribution in [2.75, 3.05) is 6.61 Å². The van der Waals surface area contributed by atoms with Gasteiger partial charge < -0.3 is 14.3 Å². The van der Waals surface area contributed by atoms with Crippen LogP contribution in [0.4, 0.5) is 11.4 Å². The number of non-ortho nitro benzene ring substituents is 1. The molecule has 1 aromatic heterocycles. The van der Waals surface area contributed by atoms with Crippen LogP contribution in [0, 0.1) is 27.2 Å². The van der Waals surface area contributed by atoms with E-state index in [1.165, 1.54) is 6.92 Å². The summed E-state index contributed by atoms with van der Waals surface area (Å²) in [5.74, 6) is -2.04. The van der Waals surface area contributed by atoms with Crippen LogP contribution in [0.1, 0.15) is 23.0 Å². The number of carbonyl (C=O) groups is 1. The lowest BCUT2D eigenvalue weighted by atomic mass is 10.1. The van der Waals surface area contributed by atoms with Gasteiger partial charge in [-0.15, -0.1) is 0 Å². The van der Waals surface area contributed by atoms with Crippen LogP contribution in [0.15, 0.2) is 10.5 Å². The predicted octanol–water partition coefficient (Wildman–Crippen LogP) is 2.44. The molecular weight excluding hydrogens is 300 g/mol. The van der Waals surface area contributed by atoms with Crippen molar-refractivity contribution in [1.82, 2.24) is 0 Å². The molecule has 0 bridgehead atoms. The molecule has 0 fully saturated rings. The second-order valence-electron chi connectivity index (χ2n) is 4.26. The van der Waals surface area contributed by atoms with E-state index < -0.39 is 38.5 Å². The number of nitro benzene ring substituents is 2. The number of hydrogen-bond acceptors (Lipinski definition) is 8. The number of hydrogen-bond donors (Lipinski definition) is 1. The maximum absolute atomic E-state index is 11.7. The van der Waals surface area contributed by atoms with Crippen LogP contribution >= 0.6 is 0 Å². The summed E-state index contributed by atoms with van der Waals surface area (Å²) in [5.41, 5.74) is -1.97. The van der Waals surface area contributed by atoms with Crippen molar-refractivity contribution in [3.8, 4) is 5.75 Å². The molecule has 0 amide bonds. The molecule has 10 nitrogen and oxygen atoms in total. The Bertz CT molecular complexity index is 807. The zero-order chi connectivity index (χ0) is 16.6. The Morgan fingerprint density at radius 3 is 2.41 bits per heavy atom. The van der Waals surface area contributed by atoms with Crippen molar-refractivity contribution >= 4 is 28.3 Å². The number of furan rings is 1. The lowest BCUT2D eigenvalue weighted by Crippen LogP contribution is -2.04. The molecule has 0 saturated carbocycles. The molecule has 116 valence electrons. The standard InChI is InChI=1S/C12H10N2O8/c1-3-21-12(16)10-5(2)8-9(15)6(13(17)18)4-7(14(19)20)11(8)22-10/h4,15H,3H2,1-2H3. The fraction of sp³-hybridized carbons (Fsp3) is 0.250. The molecule has 1 N–H and O–H groups in total. The number of nitrogens with zero attached hydrogens (tertiary/aromatic N) is 2. The van der Waals surface area contributed by atoms with Crippen molar-refractivity contribution in [3.05, 3.63) is 37.6 Å². The third-order valence-electron chi connectivity index (χ3n) is 2.99. The number of nitro groups is 2. The van der Waals surface area contributed by atoms with Gasteiger partial charge in [0.25, 0.3) is 0 Å². The van der Waals surface area contributed by atoms with Gasteiger partial charge in [-0.2, -0.15) is 0 Å². The first-order valence-electron chi connectivity index (χ1n) is 6.04. The van der Waals surface area contributed by atoms with Crippen LogP contribution in [-0.2, 0) is 4.74 Å². The molecule has 2 aromatic rings. The lowest BCUT2D eigenvalue weighted by molar-refractivity contribution is -0.393. The van der Waals surface area contributed by atoms with Crippen molar-refractivity contribution in [2.45, 2.75) is 13.8 Å². The highest BCUT2D eigenvalue weighted by Gasteiger charge is 2.32. The van der Waals surface area contributed by atoms with E-state index in [1.807, 2.05) is 0 Å². The summed E-state index contributed by atoms with van der Waals surface area (Å²) in [6, 6.07) is 0.579. The quantitative estimate of drug-likeness (QED) is 0.514. The first-order valence-corrected chi connectivity index (χ1v) is 6.04. The Morgan fingerprint density at radius 2 is 1.91 bits per heavy atom. The van der Waals surface area contributed by atoms with E-state index in [2.05, 4.69) is 0 Å². The first kappa shape index (κ1) is 15.2. The Kier molecular flexibility index (Phi) is 3.68. The molecule has 0 aliphatic heterocycles. The Hall–Kier alpha value is -3.17. The maximum atomic E-state index is 11.7. The monoisotopic (exact) mass is 310 g/mol. The predicted molar refractivity (Wildman–Crippen MR) is 71.9 cm³/mol. The van der Waals surface area contributed by atoms with Gasteiger partial charge in [0, 0.05) is 5.56 Å². The maximum Gasteiger partial charge on any atom is 0.374 e. The molecule has 0 aliphatic carbocycles. The molecule has 0 radical (unpaired) electrons. The minimum absolute atomic E-state index is 0.0257. The molecule has 0 unspecified atom stereocenters. The van der Waals surface area contributed by atoms with Crippen LogP contribution in [0.5, 0.6) is 5.75 Å². The van der Waals surface area contributed by atoms with Gasteiger partial charge in [-0.05, 0) is 13.8 Å². The van der Waals surface area contributed by atoms with Crippen molar-refractivity contribution in [3.63, 3.8) is 0 Å². The average molecular weight is 310 g/mol. The molecule has 10 heteroatoms. The SMILES string of the molecule is CCOC(=O)c1oc2c([N+](=O)[O-])cc([N+](=O)[O-])c(O)c2c1C. The number of rotatable bonds is 4. The van der Waals surface area contributed by atoms with Gasteiger partial charge in [-0.25, -0.2) is 4.79 Å². The molecule has 0 aliphatic rings. The fourth-order valence-corrected chi connectivity index (χ4v) is 2.04. The van der Waals surface area contributed by atoms with E-state index >= 15 is 0 Å². The van der Waals surface area contributed by atoms with Crippen LogP contribution in [0.25, 0.3) is 11.0 Å². The minimum Gasteiger partial charge on any atom is -0.502 e. The third-order valence-corrected chi connectivity index (χ3v) is 2.99. The largest absolute Gasteiger partial charge is 0.502 e. The van der Waals surface area contributed by atoms with Crippen molar-refractivity contribution < 1.29 is 28.9 Å². The summed E-state index contributed by atoms with van der Waals surface area (Å²) < 4.78 is 9.86. The zero-order valence-corrected chi connectivity index (χ0v) is 11.5. The zero-order valence-electron chi connectivity index (χ0n) is 11.5. The highest BCUT2D eigenvalue weighted by molar-refractivity contribution is 6.03. The van der Waals surface area contributed by atoms with Gasteiger partial charge in [0.2, 0.25) is 17.1 Å². The second kappa shape index (κ2) is 5.31. The summed E-state index contributed by atoms with van der Waals surface area (Å²) >= 11 is 0. The van der Waals surface area contributed by atoms with E-state index in [-0.39, 0.29) is 23.3 Å². The molecule has 0 atom stereocenters. The summed E-state index contributed by atoms with van der Waals surface area (Å²) in [6.07, 6.45) is 0.